The van der Waals surface area contributed by atoms with Gasteiger partial charge in [-0.15, -0.1) is 0 Å². The number of ether oxygens (including phenoxy) is 1. The SMILES string of the molecule is CCCCCCCCCCCCCCCCCCCCCCCCC(=O)OCC(O)COP(=O)(O)OCC(NC(=O)CCCCCCCCCCC)C(=O)O. The van der Waals surface area contributed by atoms with E-state index in [4.69, 9.17) is 13.8 Å². The molecule has 12 heteroatoms. The fourth-order valence-electron chi connectivity index (χ4n) is 6.61. The van der Waals surface area contributed by atoms with Crippen LogP contribution in [0.2, 0.25) is 0 Å². The molecule has 11 nitrogen and oxygen atoms in total. The first-order chi connectivity index (χ1) is 26.6. The van der Waals surface area contributed by atoms with Gasteiger partial charge in [0.05, 0.1) is 13.2 Å². The molecule has 0 saturated heterocycles. The van der Waals surface area contributed by atoms with Crippen LogP contribution < -0.4 is 5.32 Å². The van der Waals surface area contributed by atoms with Gasteiger partial charge in [-0.05, 0) is 12.8 Å². The van der Waals surface area contributed by atoms with Crippen molar-refractivity contribution in [1.82, 2.24) is 5.32 Å². The number of carbonyl (C=O) groups excluding carboxylic acids is 2. The molecule has 0 aliphatic carbocycles. The molecule has 0 radical (unpaired) electrons. The van der Waals surface area contributed by atoms with Gasteiger partial charge in [-0.3, -0.25) is 18.6 Å². The average molecular weight is 806 g/mol. The van der Waals surface area contributed by atoms with Crippen molar-refractivity contribution >= 4 is 25.7 Å². The Morgan fingerprint density at radius 3 is 1.20 bits per heavy atom. The first-order valence-corrected chi connectivity index (χ1v) is 24.1. The predicted octanol–water partition coefficient (Wildman–Crippen LogP) is 11.5. The second-order valence-electron chi connectivity index (χ2n) is 15.6. The van der Waals surface area contributed by atoms with Crippen LogP contribution in [-0.2, 0) is 32.7 Å². The highest BCUT2D eigenvalue weighted by Gasteiger charge is 2.28. The summed E-state index contributed by atoms with van der Waals surface area (Å²) in [5.74, 6) is -2.36. The van der Waals surface area contributed by atoms with Crippen LogP contribution in [0.3, 0.4) is 0 Å². The zero-order valence-electron chi connectivity index (χ0n) is 35.3. The molecule has 3 unspecified atom stereocenters. The molecule has 0 fully saturated rings. The van der Waals surface area contributed by atoms with Gasteiger partial charge in [-0.2, -0.15) is 0 Å². The third-order valence-corrected chi connectivity index (χ3v) is 11.1. The third kappa shape index (κ3) is 39.1. The van der Waals surface area contributed by atoms with E-state index in [2.05, 4.69) is 19.2 Å². The predicted molar refractivity (Wildman–Crippen MR) is 222 cm³/mol. The standard InChI is InChI=1S/C43H84NO10P/c1-3-5-7-9-11-13-14-15-16-17-18-19-20-21-22-23-24-25-27-29-31-33-35-42(47)52-36-39(45)37-53-55(50,51)54-38-40(43(48)49)44-41(46)34-32-30-28-26-12-10-8-6-4-2/h39-40,45H,3-38H2,1-2H3,(H,44,46)(H,48,49)(H,50,51). The molecule has 0 aromatic heterocycles. The lowest BCUT2D eigenvalue weighted by Gasteiger charge is -2.18. The van der Waals surface area contributed by atoms with Crippen molar-refractivity contribution in [3.8, 4) is 0 Å². The zero-order valence-corrected chi connectivity index (χ0v) is 36.2. The fourth-order valence-corrected chi connectivity index (χ4v) is 7.38. The Morgan fingerprint density at radius 2 is 0.836 bits per heavy atom. The first-order valence-electron chi connectivity index (χ1n) is 22.6. The number of hydrogen-bond donors (Lipinski definition) is 4. The van der Waals surface area contributed by atoms with Gasteiger partial charge in [0.1, 0.15) is 12.7 Å². The van der Waals surface area contributed by atoms with E-state index in [1.165, 1.54) is 148 Å². The van der Waals surface area contributed by atoms with Gasteiger partial charge in [-0.1, -0.05) is 200 Å². The lowest BCUT2D eigenvalue weighted by Crippen LogP contribution is -2.43. The number of aliphatic hydroxyl groups excluding tert-OH is 1. The first kappa shape index (κ1) is 53.5. The van der Waals surface area contributed by atoms with Crippen molar-refractivity contribution in [1.29, 1.82) is 0 Å². The number of nitrogens with one attached hydrogen (secondary N) is 1. The Kier molecular flexibility index (Phi) is 38.2. The Hall–Kier alpha value is -1.52. The maximum absolute atomic E-state index is 12.2. The Labute approximate surface area is 335 Å². The maximum Gasteiger partial charge on any atom is 0.472 e. The second-order valence-corrected chi connectivity index (χ2v) is 17.1. The van der Waals surface area contributed by atoms with E-state index in [0.29, 0.717) is 12.8 Å². The molecule has 0 aromatic carbocycles. The number of phosphoric ester groups is 1. The number of aliphatic carboxylic acids is 1. The molecule has 3 atom stereocenters. The minimum absolute atomic E-state index is 0.150. The number of esters is 1. The van der Waals surface area contributed by atoms with Crippen molar-refractivity contribution in [3.05, 3.63) is 0 Å². The molecule has 1 amide bonds. The molecule has 0 aliphatic heterocycles. The summed E-state index contributed by atoms with van der Waals surface area (Å²) in [6.07, 6.45) is 37.3. The minimum Gasteiger partial charge on any atom is -0.480 e. The van der Waals surface area contributed by atoms with Crippen LogP contribution in [0, 0.1) is 0 Å². The van der Waals surface area contributed by atoms with Crippen molar-refractivity contribution in [2.45, 2.75) is 238 Å². The largest absolute Gasteiger partial charge is 0.480 e. The summed E-state index contributed by atoms with van der Waals surface area (Å²) in [5.41, 5.74) is 0. The number of carboxylic acids is 1. The van der Waals surface area contributed by atoms with E-state index in [1.807, 2.05) is 0 Å². The number of unbranched alkanes of at least 4 members (excludes halogenated alkanes) is 29. The van der Waals surface area contributed by atoms with Gasteiger partial charge in [0.15, 0.2) is 6.04 Å². The van der Waals surface area contributed by atoms with Crippen LogP contribution in [0.4, 0.5) is 0 Å². The highest BCUT2D eigenvalue weighted by Crippen LogP contribution is 2.43. The summed E-state index contributed by atoms with van der Waals surface area (Å²) in [5, 5.41) is 21.8. The molecule has 55 heavy (non-hydrogen) atoms. The molecule has 4 N–H and O–H groups in total. The molecule has 0 spiro atoms. The molecule has 0 aromatic rings. The van der Waals surface area contributed by atoms with Crippen LogP contribution in [0.15, 0.2) is 0 Å². The number of phosphoric acid groups is 1. The highest BCUT2D eigenvalue weighted by atomic mass is 31.2. The van der Waals surface area contributed by atoms with Gasteiger partial charge < -0.3 is 25.2 Å². The lowest BCUT2D eigenvalue weighted by molar-refractivity contribution is -0.147. The Bertz CT molecular complexity index is 952. The minimum atomic E-state index is -4.74. The van der Waals surface area contributed by atoms with E-state index in [1.54, 1.807) is 0 Å². The number of aliphatic hydroxyl groups is 1. The molecule has 0 heterocycles. The summed E-state index contributed by atoms with van der Waals surface area (Å²) >= 11 is 0. The molecule has 326 valence electrons. The maximum atomic E-state index is 12.2. The topological polar surface area (TPSA) is 169 Å². The Balaban J connectivity index is 3.75. The fraction of sp³-hybridized carbons (Fsp3) is 0.930. The molecule has 0 saturated carbocycles. The second kappa shape index (κ2) is 39.3. The van der Waals surface area contributed by atoms with Crippen LogP contribution in [0.1, 0.15) is 226 Å². The van der Waals surface area contributed by atoms with Crippen molar-refractivity contribution in [2.75, 3.05) is 19.8 Å². The van der Waals surface area contributed by atoms with Crippen molar-refractivity contribution < 1.29 is 47.8 Å². The summed E-state index contributed by atoms with van der Waals surface area (Å²) in [6, 6.07) is -1.54. The summed E-state index contributed by atoms with van der Waals surface area (Å²) in [7, 11) is -4.74. The number of rotatable bonds is 43. The molecular weight excluding hydrogens is 721 g/mol. The quantitative estimate of drug-likeness (QED) is 0.0264. The molecule has 0 aliphatic rings. The van der Waals surface area contributed by atoms with Gasteiger partial charge in [0.25, 0.3) is 0 Å². The number of carboxylic acid groups (broad SMARTS) is 1. The smallest absolute Gasteiger partial charge is 0.472 e. The number of hydrogen-bond acceptors (Lipinski definition) is 8. The third-order valence-electron chi connectivity index (χ3n) is 10.1. The van der Waals surface area contributed by atoms with Gasteiger partial charge in [0, 0.05) is 12.8 Å². The number of amides is 1. The summed E-state index contributed by atoms with van der Waals surface area (Å²) < 4.78 is 26.8. The van der Waals surface area contributed by atoms with Crippen LogP contribution >= 0.6 is 7.82 Å². The lowest BCUT2D eigenvalue weighted by atomic mass is 10.0. The van der Waals surface area contributed by atoms with E-state index < -0.39 is 57.6 Å². The molecule has 0 rings (SSSR count). The van der Waals surface area contributed by atoms with E-state index in [-0.39, 0.29) is 12.8 Å². The van der Waals surface area contributed by atoms with Gasteiger partial charge >= 0.3 is 19.8 Å². The monoisotopic (exact) mass is 806 g/mol. The zero-order chi connectivity index (χ0) is 40.7. The highest BCUT2D eigenvalue weighted by molar-refractivity contribution is 7.47. The van der Waals surface area contributed by atoms with Crippen molar-refractivity contribution in [3.63, 3.8) is 0 Å². The van der Waals surface area contributed by atoms with Crippen LogP contribution in [0.5, 0.6) is 0 Å². The Morgan fingerprint density at radius 1 is 0.509 bits per heavy atom. The van der Waals surface area contributed by atoms with Crippen LogP contribution in [-0.4, -0.2) is 64.9 Å². The summed E-state index contributed by atoms with van der Waals surface area (Å²) in [6.45, 7) is 2.58. The van der Waals surface area contributed by atoms with Gasteiger partial charge in [-0.25, -0.2) is 9.36 Å². The van der Waals surface area contributed by atoms with Gasteiger partial charge in [0.2, 0.25) is 5.91 Å². The van der Waals surface area contributed by atoms with Crippen molar-refractivity contribution in [2.24, 2.45) is 0 Å². The van der Waals surface area contributed by atoms with E-state index in [0.717, 1.165) is 38.5 Å². The summed E-state index contributed by atoms with van der Waals surface area (Å²) in [4.78, 5) is 45.7. The molecule has 0 bridgehead atoms. The van der Waals surface area contributed by atoms with E-state index >= 15 is 0 Å². The average Bonchev–Trinajstić information content (AvgIpc) is 3.16. The number of carbonyl (C=O) groups is 3. The molecular formula is C43H84NO10P. The van der Waals surface area contributed by atoms with E-state index in [9.17, 15) is 34.1 Å². The van der Waals surface area contributed by atoms with Crippen LogP contribution in [0.25, 0.3) is 0 Å². The normalized spacial score (nSPS) is 13.7.